The molecule has 9 nitrogen and oxygen atoms in total. The SMILES string of the molecule is CCNC(=O)NC(=O)C(OC(=O)CCn1ncc(=O)c2ccccc21)c1ccccc1. The molecule has 0 aliphatic carbocycles. The van der Waals surface area contributed by atoms with Crippen LogP contribution in [-0.2, 0) is 20.9 Å². The second-order valence-corrected chi connectivity index (χ2v) is 6.63. The van der Waals surface area contributed by atoms with Gasteiger partial charge < -0.3 is 10.1 Å². The number of rotatable bonds is 7. The predicted octanol–water partition coefficient (Wildman–Crippen LogP) is 1.92. The molecule has 1 aromatic heterocycles. The molecule has 0 saturated heterocycles. The minimum Gasteiger partial charge on any atom is -0.447 e. The number of imide groups is 1. The van der Waals surface area contributed by atoms with E-state index in [4.69, 9.17) is 4.74 Å². The van der Waals surface area contributed by atoms with Crippen LogP contribution in [0, 0.1) is 0 Å². The van der Waals surface area contributed by atoms with Gasteiger partial charge in [-0.3, -0.25) is 24.4 Å². The van der Waals surface area contributed by atoms with Gasteiger partial charge >= 0.3 is 12.0 Å². The molecule has 1 heterocycles. The van der Waals surface area contributed by atoms with Crippen molar-refractivity contribution in [2.24, 2.45) is 0 Å². The summed E-state index contributed by atoms with van der Waals surface area (Å²) >= 11 is 0. The number of para-hydroxylation sites is 1. The topological polar surface area (TPSA) is 119 Å². The van der Waals surface area contributed by atoms with Gasteiger partial charge in [0.2, 0.25) is 11.5 Å². The Morgan fingerprint density at radius 3 is 2.52 bits per heavy atom. The summed E-state index contributed by atoms with van der Waals surface area (Å²) in [4.78, 5) is 48.7. The Kier molecular flexibility index (Phi) is 7.10. The summed E-state index contributed by atoms with van der Waals surface area (Å²) in [5.41, 5.74) is 0.821. The summed E-state index contributed by atoms with van der Waals surface area (Å²) in [6.45, 7) is 2.21. The third kappa shape index (κ3) is 5.53. The van der Waals surface area contributed by atoms with Crippen molar-refractivity contribution in [2.45, 2.75) is 26.0 Å². The number of urea groups is 1. The molecule has 0 fully saturated rings. The first-order chi connectivity index (χ1) is 15.0. The number of carbonyl (C=O) groups excluding carboxylic acids is 3. The lowest BCUT2D eigenvalue weighted by Crippen LogP contribution is -2.42. The van der Waals surface area contributed by atoms with Gasteiger partial charge in [0.25, 0.3) is 5.91 Å². The summed E-state index contributed by atoms with van der Waals surface area (Å²) in [5.74, 6) is -1.40. The number of hydrogen-bond donors (Lipinski definition) is 2. The number of aromatic nitrogens is 2. The van der Waals surface area contributed by atoms with Gasteiger partial charge in [0.1, 0.15) is 0 Å². The number of amides is 3. The first-order valence-corrected chi connectivity index (χ1v) is 9.77. The molecular weight excluding hydrogens is 400 g/mol. The molecule has 1 unspecified atom stereocenters. The molecule has 0 spiro atoms. The van der Waals surface area contributed by atoms with E-state index in [1.54, 1.807) is 61.5 Å². The van der Waals surface area contributed by atoms with Gasteiger partial charge in [-0.25, -0.2) is 4.79 Å². The number of nitrogens with one attached hydrogen (secondary N) is 2. The van der Waals surface area contributed by atoms with Crippen LogP contribution in [0.5, 0.6) is 0 Å². The van der Waals surface area contributed by atoms with Crippen molar-refractivity contribution in [1.82, 2.24) is 20.4 Å². The molecule has 2 aromatic carbocycles. The molecule has 31 heavy (non-hydrogen) atoms. The fraction of sp³-hybridized carbons (Fsp3) is 0.227. The number of esters is 1. The zero-order chi connectivity index (χ0) is 22.2. The largest absolute Gasteiger partial charge is 0.447 e. The third-order valence-electron chi connectivity index (χ3n) is 4.45. The first kappa shape index (κ1) is 21.7. The average Bonchev–Trinajstić information content (AvgIpc) is 2.78. The van der Waals surface area contributed by atoms with Crippen molar-refractivity contribution in [1.29, 1.82) is 0 Å². The highest BCUT2D eigenvalue weighted by Gasteiger charge is 2.26. The summed E-state index contributed by atoms with van der Waals surface area (Å²) in [5, 5.41) is 9.20. The van der Waals surface area contributed by atoms with E-state index >= 15 is 0 Å². The number of hydrogen-bond acceptors (Lipinski definition) is 6. The summed E-state index contributed by atoms with van der Waals surface area (Å²) in [7, 11) is 0. The summed E-state index contributed by atoms with van der Waals surface area (Å²) < 4.78 is 6.93. The van der Waals surface area contributed by atoms with Gasteiger partial charge in [0.05, 0.1) is 24.7 Å². The average molecular weight is 422 g/mol. The highest BCUT2D eigenvalue weighted by atomic mass is 16.5. The van der Waals surface area contributed by atoms with Crippen molar-refractivity contribution in [3.63, 3.8) is 0 Å². The van der Waals surface area contributed by atoms with Crippen LogP contribution in [0.15, 0.2) is 65.6 Å². The molecule has 9 heteroatoms. The van der Waals surface area contributed by atoms with Crippen molar-refractivity contribution in [3.05, 3.63) is 76.6 Å². The standard InChI is InChI=1S/C22H22N4O5/c1-2-23-22(30)25-21(29)20(15-8-4-3-5-9-15)31-19(28)12-13-26-17-11-7-6-10-16(17)18(27)14-24-26/h3-11,14,20H,2,12-13H2,1H3,(H2,23,25,29,30). The zero-order valence-corrected chi connectivity index (χ0v) is 16.9. The Labute approximate surface area is 178 Å². The second-order valence-electron chi connectivity index (χ2n) is 6.63. The number of ether oxygens (including phenoxy) is 1. The summed E-state index contributed by atoms with van der Waals surface area (Å²) in [6.07, 6.45) is -0.173. The van der Waals surface area contributed by atoms with Gasteiger partial charge in [0, 0.05) is 17.5 Å². The zero-order valence-electron chi connectivity index (χ0n) is 16.9. The van der Waals surface area contributed by atoms with Crippen molar-refractivity contribution in [3.8, 4) is 0 Å². The van der Waals surface area contributed by atoms with Crippen LogP contribution in [0.3, 0.4) is 0 Å². The molecule has 1 atom stereocenters. The molecule has 0 bridgehead atoms. The molecule has 3 rings (SSSR count). The smallest absolute Gasteiger partial charge is 0.321 e. The lowest BCUT2D eigenvalue weighted by Gasteiger charge is -2.18. The molecule has 3 aromatic rings. The Morgan fingerprint density at radius 1 is 1.06 bits per heavy atom. The first-order valence-electron chi connectivity index (χ1n) is 9.77. The van der Waals surface area contributed by atoms with E-state index in [0.717, 1.165) is 0 Å². The molecule has 2 N–H and O–H groups in total. The minimum absolute atomic E-state index is 0.0857. The van der Waals surface area contributed by atoms with E-state index in [1.165, 1.54) is 10.9 Å². The normalized spacial score (nSPS) is 11.5. The molecule has 160 valence electrons. The van der Waals surface area contributed by atoms with E-state index in [9.17, 15) is 19.2 Å². The second kappa shape index (κ2) is 10.1. The van der Waals surface area contributed by atoms with Crippen LogP contribution in [0.1, 0.15) is 25.0 Å². The number of fused-ring (bicyclic) bond motifs is 1. The van der Waals surface area contributed by atoms with E-state index in [1.807, 2.05) is 0 Å². The fourth-order valence-electron chi connectivity index (χ4n) is 3.01. The van der Waals surface area contributed by atoms with Crippen LogP contribution in [-0.4, -0.2) is 34.2 Å². The highest BCUT2D eigenvalue weighted by Crippen LogP contribution is 2.19. The quantitative estimate of drug-likeness (QED) is 0.562. The number of carbonyl (C=O) groups is 3. The van der Waals surface area contributed by atoms with E-state index in [-0.39, 0.29) is 18.4 Å². The molecule has 0 radical (unpaired) electrons. The minimum atomic E-state index is -1.28. The maximum atomic E-state index is 12.5. The van der Waals surface area contributed by atoms with Crippen molar-refractivity contribution in [2.75, 3.05) is 6.54 Å². The lowest BCUT2D eigenvalue weighted by atomic mass is 10.1. The molecule has 3 amide bonds. The summed E-state index contributed by atoms with van der Waals surface area (Å²) in [6, 6.07) is 14.7. The van der Waals surface area contributed by atoms with Crippen molar-refractivity contribution < 1.29 is 19.1 Å². The van der Waals surface area contributed by atoms with Crippen LogP contribution < -0.4 is 16.1 Å². The molecule has 0 aliphatic heterocycles. The lowest BCUT2D eigenvalue weighted by molar-refractivity contribution is -0.156. The predicted molar refractivity (Wildman–Crippen MR) is 113 cm³/mol. The number of aryl methyl sites for hydroxylation is 1. The Hall–Kier alpha value is -4.01. The van der Waals surface area contributed by atoms with Gasteiger partial charge in [-0.15, -0.1) is 0 Å². The Balaban J connectivity index is 1.72. The Morgan fingerprint density at radius 2 is 1.77 bits per heavy atom. The van der Waals surface area contributed by atoms with Crippen LogP contribution in [0.4, 0.5) is 4.79 Å². The maximum Gasteiger partial charge on any atom is 0.321 e. The van der Waals surface area contributed by atoms with Crippen LogP contribution in [0.2, 0.25) is 0 Å². The molecule has 0 aliphatic rings. The van der Waals surface area contributed by atoms with Crippen LogP contribution in [0.25, 0.3) is 10.9 Å². The highest BCUT2D eigenvalue weighted by molar-refractivity contribution is 5.97. The monoisotopic (exact) mass is 422 g/mol. The van der Waals surface area contributed by atoms with E-state index < -0.39 is 24.0 Å². The van der Waals surface area contributed by atoms with Gasteiger partial charge in [-0.1, -0.05) is 42.5 Å². The van der Waals surface area contributed by atoms with E-state index in [2.05, 4.69) is 15.7 Å². The number of benzene rings is 2. The van der Waals surface area contributed by atoms with E-state index in [0.29, 0.717) is 23.0 Å². The third-order valence-corrected chi connectivity index (χ3v) is 4.45. The van der Waals surface area contributed by atoms with Gasteiger partial charge in [-0.05, 0) is 19.1 Å². The van der Waals surface area contributed by atoms with Gasteiger partial charge in [-0.2, -0.15) is 5.10 Å². The van der Waals surface area contributed by atoms with Crippen molar-refractivity contribution >= 4 is 28.8 Å². The van der Waals surface area contributed by atoms with Gasteiger partial charge in [0.15, 0.2) is 0 Å². The number of nitrogens with zero attached hydrogens (tertiary/aromatic N) is 2. The molecule has 0 saturated carbocycles. The van der Waals surface area contributed by atoms with Crippen LogP contribution >= 0.6 is 0 Å². The fourth-order valence-corrected chi connectivity index (χ4v) is 3.01. The molecular formula is C22H22N4O5. The maximum absolute atomic E-state index is 12.5. The Bertz CT molecular complexity index is 1140.